The van der Waals surface area contributed by atoms with Crippen LogP contribution in [0.4, 0.5) is 5.82 Å². The van der Waals surface area contributed by atoms with E-state index in [0.717, 1.165) is 4.90 Å². The van der Waals surface area contributed by atoms with Gasteiger partial charge < -0.3 is 10.5 Å². The topological polar surface area (TPSA) is 90.5 Å². The third-order valence-electron chi connectivity index (χ3n) is 2.33. The summed E-state index contributed by atoms with van der Waals surface area (Å²) >= 11 is 4.85. The molecule has 0 radical (unpaired) electrons. The molecule has 0 atom stereocenters. The summed E-state index contributed by atoms with van der Waals surface area (Å²) in [5, 5.41) is 3.94. The SMILES string of the molecule is Cn1ncc(C(N)=S)c1N1C(=O)COCC1=O. The summed E-state index contributed by atoms with van der Waals surface area (Å²) in [6, 6.07) is 0. The third kappa shape index (κ3) is 1.92. The maximum atomic E-state index is 11.7. The molecule has 1 saturated heterocycles. The van der Waals surface area contributed by atoms with Gasteiger partial charge in [-0.2, -0.15) is 5.10 Å². The Balaban J connectivity index is 2.51. The van der Waals surface area contributed by atoms with Crippen LogP contribution in [0, 0.1) is 0 Å². The molecule has 1 aliphatic heterocycles. The van der Waals surface area contributed by atoms with Crippen molar-refractivity contribution in [3.8, 4) is 0 Å². The number of hydrogen-bond donors (Lipinski definition) is 1. The molecule has 7 nitrogen and oxygen atoms in total. The van der Waals surface area contributed by atoms with Crippen molar-refractivity contribution < 1.29 is 14.3 Å². The van der Waals surface area contributed by atoms with Gasteiger partial charge in [-0.15, -0.1) is 0 Å². The van der Waals surface area contributed by atoms with E-state index < -0.39 is 11.8 Å². The molecular weight excluding hydrogens is 244 g/mol. The number of amides is 2. The van der Waals surface area contributed by atoms with Crippen molar-refractivity contribution in [1.82, 2.24) is 9.78 Å². The predicted octanol–water partition coefficient (Wildman–Crippen LogP) is -1.06. The molecule has 0 aromatic carbocycles. The van der Waals surface area contributed by atoms with Crippen LogP contribution in [-0.2, 0) is 21.4 Å². The second-order valence-corrected chi connectivity index (χ2v) is 3.93. The van der Waals surface area contributed by atoms with Gasteiger partial charge >= 0.3 is 0 Å². The highest BCUT2D eigenvalue weighted by atomic mass is 32.1. The Kier molecular flexibility index (Phi) is 2.90. The molecule has 1 aliphatic rings. The highest BCUT2D eigenvalue weighted by Gasteiger charge is 2.32. The van der Waals surface area contributed by atoms with Gasteiger partial charge in [-0.1, -0.05) is 12.2 Å². The Bertz CT molecular complexity index is 494. The van der Waals surface area contributed by atoms with E-state index >= 15 is 0 Å². The van der Waals surface area contributed by atoms with Crippen LogP contribution in [-0.4, -0.2) is 39.8 Å². The molecular formula is C9H10N4O3S. The molecule has 0 saturated carbocycles. The zero-order valence-electron chi connectivity index (χ0n) is 9.04. The summed E-state index contributed by atoms with van der Waals surface area (Å²) in [4.78, 5) is 24.5. The summed E-state index contributed by atoms with van der Waals surface area (Å²) in [6.45, 7) is -0.290. The van der Waals surface area contributed by atoms with Gasteiger partial charge in [0.25, 0.3) is 11.8 Å². The molecule has 1 aromatic rings. The lowest BCUT2D eigenvalue weighted by Gasteiger charge is -2.25. The lowest BCUT2D eigenvalue weighted by atomic mass is 10.2. The fourth-order valence-electron chi connectivity index (χ4n) is 1.60. The van der Waals surface area contributed by atoms with Crippen molar-refractivity contribution in [2.75, 3.05) is 18.1 Å². The zero-order valence-corrected chi connectivity index (χ0v) is 9.86. The second-order valence-electron chi connectivity index (χ2n) is 3.49. The molecule has 90 valence electrons. The maximum Gasteiger partial charge on any atom is 0.261 e. The number of nitrogens with two attached hydrogens (primary N) is 1. The number of imide groups is 1. The van der Waals surface area contributed by atoms with E-state index in [1.807, 2.05) is 0 Å². The Morgan fingerprint density at radius 3 is 2.59 bits per heavy atom. The van der Waals surface area contributed by atoms with Crippen LogP contribution in [0.3, 0.4) is 0 Å². The first-order valence-corrected chi connectivity index (χ1v) is 5.18. The van der Waals surface area contributed by atoms with Crippen LogP contribution >= 0.6 is 12.2 Å². The van der Waals surface area contributed by atoms with E-state index in [4.69, 9.17) is 22.7 Å². The quantitative estimate of drug-likeness (QED) is 0.534. The summed E-state index contributed by atoms with van der Waals surface area (Å²) in [6.07, 6.45) is 1.42. The Hall–Kier alpha value is -1.80. The largest absolute Gasteiger partial charge is 0.389 e. The van der Waals surface area contributed by atoms with Crippen LogP contribution in [0.25, 0.3) is 0 Å². The number of carbonyl (C=O) groups is 2. The standard InChI is InChI=1S/C9H10N4O3S/c1-12-9(5(2-11-12)8(10)17)13-6(14)3-16-4-7(13)15/h2H,3-4H2,1H3,(H2,10,17). The molecule has 2 N–H and O–H groups in total. The number of nitrogens with zero attached hydrogens (tertiary/aromatic N) is 3. The number of hydrogen-bond acceptors (Lipinski definition) is 5. The Labute approximate surface area is 102 Å². The van der Waals surface area contributed by atoms with E-state index in [-0.39, 0.29) is 24.0 Å². The van der Waals surface area contributed by atoms with Gasteiger partial charge in [-0.3, -0.25) is 14.3 Å². The summed E-state index contributed by atoms with van der Waals surface area (Å²) in [5.74, 6) is -0.625. The first-order valence-electron chi connectivity index (χ1n) is 4.77. The average Bonchev–Trinajstić information content (AvgIpc) is 2.61. The first-order chi connectivity index (χ1) is 8.02. The lowest BCUT2D eigenvalue weighted by molar-refractivity contribution is -0.138. The zero-order chi connectivity index (χ0) is 12.6. The number of rotatable bonds is 2. The summed E-state index contributed by atoms with van der Waals surface area (Å²) < 4.78 is 6.21. The van der Waals surface area contributed by atoms with Gasteiger partial charge in [-0.05, 0) is 0 Å². The molecule has 0 aliphatic carbocycles. The highest BCUT2D eigenvalue weighted by Crippen LogP contribution is 2.21. The normalized spacial score (nSPS) is 16.4. The number of carbonyl (C=O) groups excluding carboxylic acids is 2. The van der Waals surface area contributed by atoms with Gasteiger partial charge in [0.15, 0.2) is 5.82 Å². The predicted molar refractivity (Wildman–Crippen MR) is 62.4 cm³/mol. The van der Waals surface area contributed by atoms with Crippen molar-refractivity contribution in [2.24, 2.45) is 12.8 Å². The number of anilines is 1. The van der Waals surface area contributed by atoms with Gasteiger partial charge in [0.2, 0.25) is 0 Å². The van der Waals surface area contributed by atoms with E-state index in [9.17, 15) is 9.59 Å². The minimum absolute atomic E-state index is 0.0835. The van der Waals surface area contributed by atoms with Gasteiger partial charge in [0, 0.05) is 7.05 Å². The molecule has 0 bridgehead atoms. The molecule has 2 heterocycles. The Morgan fingerprint density at radius 2 is 2.06 bits per heavy atom. The average molecular weight is 254 g/mol. The number of ether oxygens (including phenoxy) is 1. The van der Waals surface area contributed by atoms with Crippen molar-refractivity contribution in [3.63, 3.8) is 0 Å². The first kappa shape index (κ1) is 11.7. The van der Waals surface area contributed by atoms with E-state index in [1.165, 1.54) is 10.9 Å². The van der Waals surface area contributed by atoms with E-state index in [1.54, 1.807) is 7.05 Å². The smallest absolute Gasteiger partial charge is 0.261 e. The van der Waals surface area contributed by atoms with Crippen molar-refractivity contribution in [2.45, 2.75) is 0 Å². The van der Waals surface area contributed by atoms with Gasteiger partial charge in [0.1, 0.15) is 18.2 Å². The van der Waals surface area contributed by atoms with Crippen LogP contribution < -0.4 is 10.6 Å². The van der Waals surface area contributed by atoms with Crippen LogP contribution in [0.5, 0.6) is 0 Å². The van der Waals surface area contributed by atoms with Crippen LogP contribution in [0.1, 0.15) is 5.56 Å². The van der Waals surface area contributed by atoms with Gasteiger partial charge in [0.05, 0.1) is 11.8 Å². The maximum absolute atomic E-state index is 11.7. The fraction of sp³-hybridized carbons (Fsp3) is 0.333. The fourth-order valence-corrected chi connectivity index (χ4v) is 1.74. The van der Waals surface area contributed by atoms with Crippen molar-refractivity contribution in [1.29, 1.82) is 0 Å². The lowest BCUT2D eigenvalue weighted by Crippen LogP contribution is -2.47. The molecule has 0 spiro atoms. The summed E-state index contributed by atoms with van der Waals surface area (Å²) in [5.41, 5.74) is 5.92. The summed E-state index contributed by atoms with van der Waals surface area (Å²) in [7, 11) is 1.60. The number of thiocarbonyl (C=S) groups is 1. The molecule has 17 heavy (non-hydrogen) atoms. The number of aromatic nitrogens is 2. The van der Waals surface area contributed by atoms with Crippen LogP contribution in [0.15, 0.2) is 6.20 Å². The molecule has 8 heteroatoms. The van der Waals surface area contributed by atoms with E-state index in [2.05, 4.69) is 5.10 Å². The van der Waals surface area contributed by atoms with Gasteiger partial charge in [-0.25, -0.2) is 4.90 Å². The minimum Gasteiger partial charge on any atom is -0.389 e. The number of morpholine rings is 1. The number of aryl methyl sites for hydroxylation is 1. The minimum atomic E-state index is -0.456. The highest BCUT2D eigenvalue weighted by molar-refractivity contribution is 7.80. The molecule has 0 unspecified atom stereocenters. The van der Waals surface area contributed by atoms with Crippen molar-refractivity contribution in [3.05, 3.63) is 11.8 Å². The van der Waals surface area contributed by atoms with Crippen molar-refractivity contribution >= 4 is 34.8 Å². The van der Waals surface area contributed by atoms with Crippen LogP contribution in [0.2, 0.25) is 0 Å². The third-order valence-corrected chi connectivity index (χ3v) is 2.55. The molecule has 1 aromatic heterocycles. The van der Waals surface area contributed by atoms with E-state index in [0.29, 0.717) is 5.56 Å². The monoisotopic (exact) mass is 254 g/mol. The molecule has 2 amide bonds. The second kappa shape index (κ2) is 4.22. The molecule has 2 rings (SSSR count). The Morgan fingerprint density at radius 1 is 1.47 bits per heavy atom. The molecule has 1 fully saturated rings.